The standard InChI is InChI=1S/C27H20O3/c1-4-12-20(13-5-1)25-23-18-10-11-19-24(23)26(21-14-6-2-7-15-21)28-27(25,30-29-26)22-16-8-3-9-17-22/h1-19,25H/t25-,26-,27+/m0/s1. The minimum atomic E-state index is -1.13. The highest BCUT2D eigenvalue weighted by atomic mass is 17.3. The van der Waals surface area contributed by atoms with E-state index in [1.165, 1.54) is 0 Å². The molecule has 6 rings (SSSR count). The van der Waals surface area contributed by atoms with E-state index in [-0.39, 0.29) is 5.92 Å². The van der Waals surface area contributed by atoms with Gasteiger partial charge in [-0.2, -0.15) is 9.78 Å². The molecule has 0 aliphatic carbocycles. The first kappa shape index (κ1) is 17.6. The highest BCUT2D eigenvalue weighted by Gasteiger charge is 2.65. The molecule has 0 aromatic heterocycles. The molecule has 0 N–H and O–H groups in total. The average Bonchev–Trinajstić information content (AvgIpc) is 3.19. The van der Waals surface area contributed by atoms with Crippen LogP contribution in [0.15, 0.2) is 115 Å². The second-order valence-electron chi connectivity index (χ2n) is 7.72. The lowest BCUT2D eigenvalue weighted by atomic mass is 9.74. The fraction of sp³-hybridized carbons (Fsp3) is 0.111. The van der Waals surface area contributed by atoms with Gasteiger partial charge in [-0.05, 0) is 11.1 Å². The number of fused-ring (bicyclic) bond motifs is 4. The minimum Gasteiger partial charge on any atom is -0.299 e. The van der Waals surface area contributed by atoms with Crippen LogP contribution >= 0.6 is 0 Å². The normalized spacial score (nSPS) is 26.9. The zero-order valence-electron chi connectivity index (χ0n) is 16.3. The van der Waals surface area contributed by atoms with E-state index in [9.17, 15) is 0 Å². The summed E-state index contributed by atoms with van der Waals surface area (Å²) < 4.78 is 6.89. The van der Waals surface area contributed by atoms with Crippen LogP contribution in [0, 0.1) is 0 Å². The third-order valence-electron chi connectivity index (χ3n) is 6.05. The molecule has 146 valence electrons. The van der Waals surface area contributed by atoms with E-state index in [1.54, 1.807) is 0 Å². The second kappa shape index (κ2) is 6.64. The molecule has 0 unspecified atom stereocenters. The summed E-state index contributed by atoms with van der Waals surface area (Å²) in [5.41, 5.74) is 5.04. The summed E-state index contributed by atoms with van der Waals surface area (Å²) in [6.45, 7) is 0. The molecule has 1 saturated heterocycles. The van der Waals surface area contributed by atoms with Gasteiger partial charge in [0.2, 0.25) is 5.79 Å². The van der Waals surface area contributed by atoms with Gasteiger partial charge in [-0.15, -0.1) is 0 Å². The van der Waals surface area contributed by atoms with Gasteiger partial charge in [-0.25, -0.2) is 0 Å². The summed E-state index contributed by atoms with van der Waals surface area (Å²) in [6, 6.07) is 38.7. The summed E-state index contributed by atoms with van der Waals surface area (Å²) >= 11 is 0. The molecule has 2 bridgehead atoms. The van der Waals surface area contributed by atoms with E-state index in [4.69, 9.17) is 14.5 Å². The van der Waals surface area contributed by atoms with Crippen molar-refractivity contribution in [3.63, 3.8) is 0 Å². The molecule has 1 fully saturated rings. The van der Waals surface area contributed by atoms with Crippen molar-refractivity contribution >= 4 is 0 Å². The smallest absolute Gasteiger partial charge is 0.257 e. The largest absolute Gasteiger partial charge is 0.299 e. The van der Waals surface area contributed by atoms with Crippen LogP contribution in [-0.4, -0.2) is 0 Å². The van der Waals surface area contributed by atoms with Crippen molar-refractivity contribution in [3.8, 4) is 0 Å². The molecule has 0 saturated carbocycles. The van der Waals surface area contributed by atoms with Crippen LogP contribution in [0.3, 0.4) is 0 Å². The predicted octanol–water partition coefficient (Wildman–Crippen LogP) is 5.86. The van der Waals surface area contributed by atoms with Crippen molar-refractivity contribution in [1.82, 2.24) is 0 Å². The average molecular weight is 392 g/mol. The lowest BCUT2D eigenvalue weighted by Crippen LogP contribution is -2.44. The highest BCUT2D eigenvalue weighted by Crippen LogP contribution is 2.62. The van der Waals surface area contributed by atoms with Crippen molar-refractivity contribution < 1.29 is 14.5 Å². The summed E-state index contributed by atoms with van der Waals surface area (Å²) in [7, 11) is 0. The van der Waals surface area contributed by atoms with E-state index >= 15 is 0 Å². The van der Waals surface area contributed by atoms with Gasteiger partial charge >= 0.3 is 0 Å². The highest BCUT2D eigenvalue weighted by molar-refractivity contribution is 5.51. The van der Waals surface area contributed by atoms with Crippen LogP contribution in [0.4, 0.5) is 0 Å². The van der Waals surface area contributed by atoms with Crippen LogP contribution in [-0.2, 0) is 26.1 Å². The van der Waals surface area contributed by atoms with Gasteiger partial charge in [0, 0.05) is 16.7 Å². The fourth-order valence-electron chi connectivity index (χ4n) is 4.74. The maximum atomic E-state index is 6.89. The molecular weight excluding hydrogens is 372 g/mol. The Balaban J connectivity index is 1.67. The van der Waals surface area contributed by atoms with Crippen LogP contribution in [0.5, 0.6) is 0 Å². The molecule has 3 nitrogen and oxygen atoms in total. The van der Waals surface area contributed by atoms with Gasteiger partial charge < -0.3 is 0 Å². The Morgan fingerprint density at radius 2 is 1.10 bits per heavy atom. The quantitative estimate of drug-likeness (QED) is 0.409. The Hall–Kier alpha value is -3.24. The molecule has 0 amide bonds. The maximum absolute atomic E-state index is 6.89. The van der Waals surface area contributed by atoms with Crippen molar-refractivity contribution in [2.45, 2.75) is 17.5 Å². The Morgan fingerprint density at radius 3 is 1.80 bits per heavy atom. The first-order valence-electron chi connectivity index (χ1n) is 10.2. The van der Waals surface area contributed by atoms with Crippen LogP contribution in [0.2, 0.25) is 0 Å². The third-order valence-corrected chi connectivity index (χ3v) is 6.05. The van der Waals surface area contributed by atoms with Crippen molar-refractivity contribution in [2.24, 2.45) is 0 Å². The Kier molecular flexibility index (Phi) is 3.90. The molecular formula is C27H20O3. The zero-order chi connectivity index (χ0) is 20.0. The van der Waals surface area contributed by atoms with E-state index in [1.807, 2.05) is 84.9 Å². The zero-order valence-corrected chi connectivity index (χ0v) is 16.3. The number of ether oxygens (including phenoxy) is 1. The van der Waals surface area contributed by atoms with E-state index < -0.39 is 11.6 Å². The summed E-state index contributed by atoms with van der Waals surface area (Å²) in [6.07, 6.45) is 0. The fourth-order valence-corrected chi connectivity index (χ4v) is 4.74. The lowest BCUT2D eigenvalue weighted by molar-refractivity contribution is -0.349. The van der Waals surface area contributed by atoms with E-state index in [2.05, 4.69) is 30.3 Å². The monoisotopic (exact) mass is 392 g/mol. The van der Waals surface area contributed by atoms with Gasteiger partial charge in [-0.1, -0.05) is 115 Å². The summed E-state index contributed by atoms with van der Waals surface area (Å²) in [4.78, 5) is 12.4. The first-order valence-corrected chi connectivity index (χ1v) is 10.2. The first-order chi connectivity index (χ1) is 14.8. The second-order valence-corrected chi connectivity index (χ2v) is 7.72. The molecule has 30 heavy (non-hydrogen) atoms. The molecule has 4 aromatic rings. The molecule has 3 heteroatoms. The van der Waals surface area contributed by atoms with Gasteiger partial charge in [-0.3, -0.25) is 4.74 Å². The Morgan fingerprint density at radius 1 is 0.533 bits per heavy atom. The molecule has 0 radical (unpaired) electrons. The van der Waals surface area contributed by atoms with E-state index in [0.29, 0.717) is 0 Å². The minimum absolute atomic E-state index is 0.184. The molecule has 2 aliphatic rings. The van der Waals surface area contributed by atoms with Crippen molar-refractivity contribution in [1.29, 1.82) is 0 Å². The van der Waals surface area contributed by atoms with Gasteiger partial charge in [0.25, 0.3) is 5.79 Å². The van der Waals surface area contributed by atoms with Gasteiger partial charge in [0.1, 0.15) is 0 Å². The van der Waals surface area contributed by atoms with Crippen molar-refractivity contribution in [3.05, 3.63) is 143 Å². The molecule has 2 aliphatic heterocycles. The number of hydrogen-bond donors (Lipinski definition) is 0. The van der Waals surface area contributed by atoms with Crippen LogP contribution in [0.1, 0.15) is 33.7 Å². The molecule has 3 atom stereocenters. The Labute approximate surface area is 175 Å². The molecule has 4 aromatic carbocycles. The molecule has 0 spiro atoms. The summed E-state index contributed by atoms with van der Waals surface area (Å²) in [5, 5.41) is 0. The predicted molar refractivity (Wildman–Crippen MR) is 113 cm³/mol. The third kappa shape index (κ3) is 2.37. The van der Waals surface area contributed by atoms with Crippen LogP contribution in [0.25, 0.3) is 0 Å². The molecule has 2 heterocycles. The van der Waals surface area contributed by atoms with E-state index in [0.717, 1.165) is 27.8 Å². The number of hydrogen-bond acceptors (Lipinski definition) is 3. The van der Waals surface area contributed by atoms with Gasteiger partial charge in [0.05, 0.1) is 5.92 Å². The maximum Gasteiger partial charge on any atom is 0.257 e. The van der Waals surface area contributed by atoms with Crippen molar-refractivity contribution in [2.75, 3.05) is 0 Å². The number of benzene rings is 4. The number of rotatable bonds is 3. The lowest BCUT2D eigenvalue weighted by Gasteiger charge is -2.42. The van der Waals surface area contributed by atoms with Gasteiger partial charge in [0.15, 0.2) is 0 Å². The topological polar surface area (TPSA) is 27.7 Å². The van der Waals surface area contributed by atoms with Crippen LogP contribution < -0.4 is 0 Å². The SMILES string of the molecule is c1ccc([C@H]2c3ccccc3[C@]3(c4ccccc4)OO[C@@]2(c2ccccc2)O3)cc1. The Bertz CT molecular complexity index is 1180. The summed E-state index contributed by atoms with van der Waals surface area (Å²) in [5.74, 6) is -2.41.